The normalized spacial score (nSPS) is 12.8. The molecule has 1 aliphatic rings. The van der Waals surface area contributed by atoms with Gasteiger partial charge in [-0.2, -0.15) is 0 Å². The topological polar surface area (TPSA) is 75.4 Å². The minimum absolute atomic E-state index is 0.0545. The van der Waals surface area contributed by atoms with Crippen molar-refractivity contribution in [3.05, 3.63) is 84.3 Å². The van der Waals surface area contributed by atoms with Crippen molar-refractivity contribution in [3.63, 3.8) is 0 Å². The van der Waals surface area contributed by atoms with Crippen LogP contribution in [0.3, 0.4) is 0 Å². The van der Waals surface area contributed by atoms with Crippen LogP contribution < -0.4 is 10.2 Å². The number of anilines is 3. The average molecular weight is 411 g/mol. The molecule has 0 saturated heterocycles. The van der Waals surface area contributed by atoms with E-state index in [1.54, 1.807) is 23.1 Å². The van der Waals surface area contributed by atoms with Crippen LogP contribution in [0.25, 0.3) is 21.0 Å². The molecule has 0 unspecified atom stereocenters. The number of benzene rings is 3. The summed E-state index contributed by atoms with van der Waals surface area (Å²) in [4.78, 5) is 31.3. The third kappa shape index (κ3) is 2.46. The van der Waals surface area contributed by atoms with Crippen molar-refractivity contribution in [3.8, 4) is 0 Å². The lowest BCUT2D eigenvalue weighted by Gasteiger charge is -2.32. The quantitative estimate of drug-likeness (QED) is 0.420. The summed E-state index contributed by atoms with van der Waals surface area (Å²) in [6.45, 7) is 0. The largest absolute Gasteiger partial charge is 0.459 e. The van der Waals surface area contributed by atoms with Crippen molar-refractivity contribution in [1.29, 1.82) is 0 Å². The van der Waals surface area contributed by atoms with Crippen molar-refractivity contribution >= 4 is 60.6 Å². The van der Waals surface area contributed by atoms with Crippen LogP contribution in [0.4, 0.5) is 16.5 Å². The number of amides is 2. The number of nitrogens with one attached hydrogen (secondary N) is 1. The second kappa shape index (κ2) is 6.27. The Morgan fingerprint density at radius 1 is 1.03 bits per heavy atom. The Bertz CT molecular complexity index is 1470. The molecule has 0 aliphatic carbocycles. The molecular formula is C23H13N3O3S. The molecule has 0 radical (unpaired) electrons. The Morgan fingerprint density at radius 2 is 1.93 bits per heavy atom. The highest BCUT2D eigenvalue weighted by atomic mass is 32.1. The zero-order valence-corrected chi connectivity index (χ0v) is 16.3. The zero-order valence-electron chi connectivity index (χ0n) is 15.5. The van der Waals surface area contributed by atoms with E-state index < -0.39 is 0 Å². The van der Waals surface area contributed by atoms with Gasteiger partial charge < -0.3 is 9.73 Å². The molecule has 3 heterocycles. The van der Waals surface area contributed by atoms with Gasteiger partial charge in [-0.1, -0.05) is 41.7 Å². The lowest BCUT2D eigenvalue weighted by molar-refractivity contribution is 0.0978. The lowest BCUT2D eigenvalue weighted by atomic mass is 9.96. The zero-order chi connectivity index (χ0) is 20.2. The summed E-state index contributed by atoms with van der Waals surface area (Å²) < 4.78 is 6.01. The molecule has 6 nitrogen and oxygen atoms in total. The predicted octanol–water partition coefficient (Wildman–Crippen LogP) is 5.59. The Hall–Kier alpha value is -3.97. The molecule has 30 heavy (non-hydrogen) atoms. The second-order valence-electron chi connectivity index (χ2n) is 6.93. The first-order chi connectivity index (χ1) is 14.7. The molecule has 0 atom stereocenters. The summed E-state index contributed by atoms with van der Waals surface area (Å²) in [5.41, 5.74) is 3.01. The van der Waals surface area contributed by atoms with E-state index in [0.29, 0.717) is 16.4 Å². The summed E-state index contributed by atoms with van der Waals surface area (Å²) in [6, 6.07) is 20.6. The number of fused-ring (bicyclic) bond motifs is 4. The summed E-state index contributed by atoms with van der Waals surface area (Å²) in [5.74, 6) is -0.127. The lowest BCUT2D eigenvalue weighted by Crippen LogP contribution is -2.36. The number of thiazole rings is 1. The van der Waals surface area contributed by atoms with E-state index in [2.05, 4.69) is 10.3 Å². The first kappa shape index (κ1) is 16.9. The van der Waals surface area contributed by atoms with E-state index in [0.717, 1.165) is 26.7 Å². The van der Waals surface area contributed by atoms with Gasteiger partial charge >= 0.3 is 0 Å². The molecule has 2 amide bonds. The third-order valence-corrected chi connectivity index (χ3v) is 6.13. The fourth-order valence-corrected chi connectivity index (χ4v) is 4.72. The van der Waals surface area contributed by atoms with Crippen LogP contribution >= 0.6 is 11.3 Å². The van der Waals surface area contributed by atoms with Gasteiger partial charge in [0.15, 0.2) is 10.9 Å². The minimum Gasteiger partial charge on any atom is -0.459 e. The van der Waals surface area contributed by atoms with Gasteiger partial charge in [0.05, 0.1) is 27.7 Å². The van der Waals surface area contributed by atoms with E-state index in [1.807, 2.05) is 48.5 Å². The van der Waals surface area contributed by atoms with Crippen molar-refractivity contribution in [2.45, 2.75) is 0 Å². The van der Waals surface area contributed by atoms with Gasteiger partial charge in [0.1, 0.15) is 0 Å². The van der Waals surface area contributed by atoms with Gasteiger partial charge in [-0.25, -0.2) is 4.98 Å². The predicted molar refractivity (Wildman–Crippen MR) is 117 cm³/mol. The standard InChI is InChI=1S/C23H13N3O3S/c27-21(18-6-3-11-29-18)24-14-8-10-17-19(12-14)30-23(25-17)26-20-15-5-2-1-4-13(15)7-9-16(20)22(26)28/h1-12H,(H,24,27). The third-order valence-electron chi connectivity index (χ3n) is 5.13. The molecule has 2 aromatic heterocycles. The average Bonchev–Trinajstić information content (AvgIpc) is 3.42. The monoisotopic (exact) mass is 411 g/mol. The van der Waals surface area contributed by atoms with Crippen LogP contribution in [0.15, 0.2) is 77.4 Å². The number of carbonyl (C=O) groups excluding carboxylic acids is 2. The van der Waals surface area contributed by atoms with Gasteiger partial charge in [-0.05, 0) is 41.8 Å². The van der Waals surface area contributed by atoms with Crippen molar-refractivity contribution in [1.82, 2.24) is 4.98 Å². The number of nitrogens with zero attached hydrogens (tertiary/aromatic N) is 2. The molecule has 1 N–H and O–H groups in total. The highest BCUT2D eigenvalue weighted by Crippen LogP contribution is 2.46. The van der Waals surface area contributed by atoms with Crippen LogP contribution in [0.5, 0.6) is 0 Å². The summed E-state index contributed by atoms with van der Waals surface area (Å²) in [5, 5.41) is 5.55. The number of hydrogen-bond acceptors (Lipinski definition) is 5. The Morgan fingerprint density at radius 3 is 2.80 bits per heavy atom. The smallest absolute Gasteiger partial charge is 0.291 e. The van der Waals surface area contributed by atoms with Gasteiger partial charge in [-0.3, -0.25) is 14.5 Å². The van der Waals surface area contributed by atoms with Crippen LogP contribution in [0.2, 0.25) is 0 Å². The van der Waals surface area contributed by atoms with Crippen LogP contribution in [-0.2, 0) is 0 Å². The van der Waals surface area contributed by atoms with Gasteiger partial charge in [0.2, 0.25) is 0 Å². The number of hydrogen-bond donors (Lipinski definition) is 1. The fourth-order valence-electron chi connectivity index (χ4n) is 3.71. The minimum atomic E-state index is -0.317. The van der Waals surface area contributed by atoms with Gasteiger partial charge in [0.25, 0.3) is 11.8 Å². The maximum Gasteiger partial charge on any atom is 0.291 e. The van der Waals surface area contributed by atoms with Crippen LogP contribution in [0.1, 0.15) is 20.9 Å². The first-order valence-electron chi connectivity index (χ1n) is 9.31. The molecule has 7 heteroatoms. The molecule has 0 spiro atoms. The molecule has 1 aliphatic heterocycles. The number of carbonyl (C=O) groups is 2. The number of rotatable bonds is 3. The van der Waals surface area contributed by atoms with E-state index >= 15 is 0 Å². The number of aromatic nitrogens is 1. The molecular weight excluding hydrogens is 398 g/mol. The molecule has 6 rings (SSSR count). The van der Waals surface area contributed by atoms with E-state index in [4.69, 9.17) is 4.42 Å². The highest BCUT2D eigenvalue weighted by Gasteiger charge is 2.37. The van der Waals surface area contributed by atoms with Crippen molar-refractivity contribution in [2.24, 2.45) is 0 Å². The molecule has 5 aromatic rings. The van der Waals surface area contributed by atoms with Crippen molar-refractivity contribution < 1.29 is 14.0 Å². The molecule has 0 fully saturated rings. The van der Waals surface area contributed by atoms with Gasteiger partial charge in [0, 0.05) is 11.1 Å². The fraction of sp³-hybridized carbons (Fsp3) is 0. The Balaban J connectivity index is 1.38. The van der Waals surface area contributed by atoms with E-state index in [1.165, 1.54) is 17.6 Å². The summed E-state index contributed by atoms with van der Waals surface area (Å²) in [6.07, 6.45) is 1.46. The Labute approximate surface area is 174 Å². The molecule has 3 aromatic carbocycles. The molecule has 144 valence electrons. The second-order valence-corrected chi connectivity index (χ2v) is 7.94. The van der Waals surface area contributed by atoms with Crippen molar-refractivity contribution in [2.75, 3.05) is 10.2 Å². The van der Waals surface area contributed by atoms with Crippen LogP contribution in [-0.4, -0.2) is 16.8 Å². The highest BCUT2D eigenvalue weighted by molar-refractivity contribution is 7.22. The summed E-state index contributed by atoms with van der Waals surface area (Å²) in [7, 11) is 0. The van der Waals surface area contributed by atoms with E-state index in [-0.39, 0.29) is 17.6 Å². The van der Waals surface area contributed by atoms with Crippen LogP contribution in [0, 0.1) is 0 Å². The number of furan rings is 1. The Kier molecular flexibility index (Phi) is 3.54. The SMILES string of the molecule is O=C(Nc1ccc2nc(N3C(=O)c4ccc5ccccc5c43)sc2c1)c1ccco1. The van der Waals surface area contributed by atoms with Gasteiger partial charge in [-0.15, -0.1) is 0 Å². The molecule has 0 bridgehead atoms. The maximum absolute atomic E-state index is 12.7. The molecule has 0 saturated carbocycles. The summed E-state index contributed by atoms with van der Waals surface area (Å²) >= 11 is 1.42. The van der Waals surface area contributed by atoms with E-state index in [9.17, 15) is 9.59 Å². The maximum atomic E-state index is 12.7. The first-order valence-corrected chi connectivity index (χ1v) is 10.1.